The Labute approximate surface area is 68.2 Å². The van der Waals surface area contributed by atoms with Crippen LogP contribution in [0.5, 0.6) is 0 Å². The molecule has 0 bridgehead atoms. The predicted octanol–water partition coefficient (Wildman–Crippen LogP) is -0.146. The minimum atomic E-state index is -2.85. The van der Waals surface area contributed by atoms with E-state index in [9.17, 15) is 0 Å². The summed E-state index contributed by atoms with van der Waals surface area (Å²) in [5.41, 5.74) is 0. The molecule has 0 aromatic heterocycles. The van der Waals surface area contributed by atoms with Crippen LogP contribution < -0.4 is 0 Å². The molecular weight excluding hydrogens is 166 g/mol. The first-order valence-electron chi connectivity index (χ1n) is 3.12. The van der Waals surface area contributed by atoms with E-state index in [2.05, 4.69) is 0 Å². The van der Waals surface area contributed by atoms with Crippen LogP contribution in [0, 0.1) is 0 Å². The molecule has 5 nitrogen and oxygen atoms in total. The van der Waals surface area contributed by atoms with Crippen LogP contribution in [0.2, 0.25) is 0 Å². The van der Waals surface area contributed by atoms with Crippen LogP contribution in [0.3, 0.4) is 0 Å². The zero-order valence-corrected chi connectivity index (χ0v) is 8.58. The molecule has 0 fully saturated rings. The van der Waals surface area contributed by atoms with Crippen LogP contribution in [0.1, 0.15) is 0 Å². The molecule has 0 spiro atoms. The highest BCUT2D eigenvalue weighted by molar-refractivity contribution is 6.53. The van der Waals surface area contributed by atoms with Gasteiger partial charge in [-0.05, 0) is 0 Å². The second-order valence-electron chi connectivity index (χ2n) is 2.02. The summed E-state index contributed by atoms with van der Waals surface area (Å²) in [6.45, 7) is 0. The Hall–Kier alpha value is 0.0169. The summed E-state index contributed by atoms with van der Waals surface area (Å²) in [4.78, 5) is 0. The van der Waals surface area contributed by atoms with Gasteiger partial charge in [0, 0.05) is 35.4 Å². The Bertz CT molecular complexity index is 98.4. The van der Waals surface area contributed by atoms with Gasteiger partial charge in [-0.2, -0.15) is 0 Å². The third-order valence-corrected chi connectivity index (χ3v) is 3.13. The van der Waals surface area contributed by atoms with Gasteiger partial charge in [-0.3, -0.25) is 4.53 Å². The van der Waals surface area contributed by atoms with Crippen molar-refractivity contribution in [2.45, 2.75) is 0 Å². The van der Waals surface area contributed by atoms with E-state index < -0.39 is 9.05 Å². The average molecular weight is 181 g/mol. The molecule has 6 heteroatoms. The van der Waals surface area contributed by atoms with Crippen molar-refractivity contribution in [1.29, 1.82) is 0 Å². The van der Waals surface area contributed by atoms with Gasteiger partial charge in [0.25, 0.3) is 0 Å². The Morgan fingerprint density at radius 1 is 0.909 bits per heavy atom. The van der Waals surface area contributed by atoms with E-state index >= 15 is 0 Å². The molecule has 0 aromatic rings. The summed E-state index contributed by atoms with van der Waals surface area (Å²) in [7, 11) is 5.08. The highest BCUT2D eigenvalue weighted by atomic mass is 28.4. The van der Waals surface area contributed by atoms with E-state index in [4.69, 9.17) is 17.8 Å². The number of nitrogens with zero attached hydrogens (tertiary/aromatic N) is 1. The number of hydrogen-bond donors (Lipinski definition) is 0. The molecule has 0 aromatic carbocycles. The van der Waals surface area contributed by atoms with Gasteiger partial charge in [0.05, 0.1) is 0 Å². The third-order valence-electron chi connectivity index (χ3n) is 1.04. The highest BCUT2D eigenvalue weighted by Gasteiger charge is 2.43. The topological polar surface area (TPSA) is 40.2 Å². The van der Waals surface area contributed by atoms with E-state index in [1.54, 1.807) is 14.1 Å². The molecule has 0 saturated heterocycles. The Balaban J connectivity index is 4.05. The summed E-state index contributed by atoms with van der Waals surface area (Å²) in [6.07, 6.45) is 0. The van der Waals surface area contributed by atoms with E-state index in [1.807, 2.05) is 0 Å². The molecule has 0 atom stereocenters. The van der Waals surface area contributed by atoms with Gasteiger partial charge < -0.3 is 13.3 Å². The largest absolute Gasteiger partial charge is 0.696 e. The van der Waals surface area contributed by atoms with E-state index in [0.717, 1.165) is 0 Å². The molecule has 11 heavy (non-hydrogen) atoms. The van der Waals surface area contributed by atoms with Gasteiger partial charge in [0.1, 0.15) is 0 Å². The summed E-state index contributed by atoms with van der Waals surface area (Å²) >= 11 is 0. The molecule has 0 aliphatic carbocycles. The lowest BCUT2D eigenvalue weighted by atomic mass is 11.2. The van der Waals surface area contributed by atoms with Crippen LogP contribution in [0.15, 0.2) is 0 Å². The third kappa shape index (κ3) is 3.28. The molecule has 0 rings (SSSR count). The molecular formula is C5H15NO4Si. The molecule has 0 heterocycles. The first-order chi connectivity index (χ1) is 5.10. The number of rotatable bonds is 5. The van der Waals surface area contributed by atoms with Crippen LogP contribution in [0.4, 0.5) is 0 Å². The average Bonchev–Trinajstić information content (AvgIpc) is 2.00. The second kappa shape index (κ2) is 4.81. The fourth-order valence-corrected chi connectivity index (χ4v) is 1.76. The molecule has 0 radical (unpaired) electrons. The Kier molecular flexibility index (Phi) is 4.81. The first kappa shape index (κ1) is 11.0. The molecule has 0 N–H and O–H groups in total. The number of hydrogen-bond acceptors (Lipinski definition) is 5. The monoisotopic (exact) mass is 181 g/mol. The first-order valence-corrected chi connectivity index (χ1v) is 4.75. The van der Waals surface area contributed by atoms with E-state index in [-0.39, 0.29) is 0 Å². The summed E-state index contributed by atoms with van der Waals surface area (Å²) in [5.74, 6) is 0. The fourth-order valence-electron chi connectivity index (χ4n) is 0.585. The van der Waals surface area contributed by atoms with Gasteiger partial charge in [0.2, 0.25) is 0 Å². The summed E-state index contributed by atoms with van der Waals surface area (Å²) in [5, 5.41) is 1.49. The zero-order valence-electron chi connectivity index (χ0n) is 7.58. The van der Waals surface area contributed by atoms with Crippen molar-refractivity contribution in [3.63, 3.8) is 0 Å². The molecule has 68 valence electrons. The van der Waals surface area contributed by atoms with Crippen molar-refractivity contribution < 1.29 is 17.8 Å². The highest BCUT2D eigenvalue weighted by Crippen LogP contribution is 2.07. The Morgan fingerprint density at radius 2 is 1.27 bits per heavy atom. The quantitative estimate of drug-likeness (QED) is 0.436. The SMILES string of the molecule is CO[Si](OC)(OC)ON(C)C. The minimum absolute atomic E-state index is 1.49. The van der Waals surface area contributed by atoms with Gasteiger partial charge in [-0.25, -0.2) is 5.06 Å². The maximum atomic E-state index is 5.19. The van der Waals surface area contributed by atoms with Gasteiger partial charge in [-0.15, -0.1) is 0 Å². The van der Waals surface area contributed by atoms with Crippen LogP contribution in [0.25, 0.3) is 0 Å². The van der Waals surface area contributed by atoms with Crippen LogP contribution >= 0.6 is 0 Å². The van der Waals surface area contributed by atoms with Crippen molar-refractivity contribution in [3.8, 4) is 0 Å². The van der Waals surface area contributed by atoms with Crippen molar-refractivity contribution in [1.82, 2.24) is 5.06 Å². The van der Waals surface area contributed by atoms with Crippen molar-refractivity contribution in [2.75, 3.05) is 35.4 Å². The van der Waals surface area contributed by atoms with Crippen LogP contribution in [-0.2, 0) is 17.8 Å². The zero-order chi connectivity index (χ0) is 8.91. The van der Waals surface area contributed by atoms with Gasteiger partial charge >= 0.3 is 9.05 Å². The summed E-state index contributed by atoms with van der Waals surface area (Å²) < 4.78 is 20.1. The minimum Gasteiger partial charge on any atom is -0.354 e. The molecule has 0 amide bonds. The van der Waals surface area contributed by atoms with Crippen molar-refractivity contribution in [2.24, 2.45) is 0 Å². The standard InChI is InChI=1S/C5H15NO4Si/c1-6(2)10-11(7-3,8-4)9-5/h1-5H3. The molecule has 0 aliphatic heterocycles. The maximum Gasteiger partial charge on any atom is 0.696 e. The van der Waals surface area contributed by atoms with Gasteiger partial charge in [0.15, 0.2) is 0 Å². The lowest BCUT2D eigenvalue weighted by Crippen LogP contribution is -2.49. The molecule has 0 aliphatic rings. The predicted molar refractivity (Wildman–Crippen MR) is 41.6 cm³/mol. The second-order valence-corrected chi connectivity index (χ2v) is 4.42. The normalized spacial score (nSPS) is 12.5. The van der Waals surface area contributed by atoms with E-state index in [0.29, 0.717) is 0 Å². The van der Waals surface area contributed by atoms with Gasteiger partial charge in [-0.1, -0.05) is 0 Å². The lowest BCUT2D eigenvalue weighted by molar-refractivity contribution is -0.122. The maximum absolute atomic E-state index is 5.19. The van der Waals surface area contributed by atoms with Crippen LogP contribution in [-0.4, -0.2) is 49.5 Å². The van der Waals surface area contributed by atoms with Crippen molar-refractivity contribution >= 4 is 9.05 Å². The Morgan fingerprint density at radius 3 is 1.36 bits per heavy atom. The fraction of sp³-hybridized carbons (Fsp3) is 1.00. The molecule has 0 saturated carbocycles. The van der Waals surface area contributed by atoms with Crippen molar-refractivity contribution in [3.05, 3.63) is 0 Å². The summed E-state index contributed by atoms with van der Waals surface area (Å²) in [6, 6.07) is 0. The number of hydroxylamine groups is 2. The smallest absolute Gasteiger partial charge is 0.354 e. The van der Waals surface area contributed by atoms with E-state index in [1.165, 1.54) is 26.4 Å². The molecule has 0 unspecified atom stereocenters. The lowest BCUT2D eigenvalue weighted by Gasteiger charge is -2.25.